The number of hydrogen-bond acceptors (Lipinski definition) is 5. The van der Waals surface area contributed by atoms with E-state index in [1.807, 2.05) is 0 Å². The van der Waals surface area contributed by atoms with Crippen molar-refractivity contribution in [2.24, 2.45) is 0 Å². The van der Waals surface area contributed by atoms with E-state index in [1.54, 1.807) is 24.3 Å². The fourth-order valence-corrected chi connectivity index (χ4v) is 3.65. The van der Waals surface area contributed by atoms with Crippen LogP contribution in [0.5, 0.6) is 0 Å². The van der Waals surface area contributed by atoms with Crippen LogP contribution in [0.3, 0.4) is 0 Å². The van der Waals surface area contributed by atoms with Crippen LogP contribution in [-0.2, 0) is 0 Å². The van der Waals surface area contributed by atoms with Crippen LogP contribution in [-0.4, -0.2) is 32.8 Å². The van der Waals surface area contributed by atoms with Crippen molar-refractivity contribution in [1.29, 1.82) is 0 Å². The number of aromatic nitrogens is 4. The van der Waals surface area contributed by atoms with E-state index < -0.39 is 0 Å². The lowest BCUT2D eigenvalue weighted by Crippen LogP contribution is -2.20. The van der Waals surface area contributed by atoms with Gasteiger partial charge in [0.2, 0.25) is 5.95 Å². The van der Waals surface area contributed by atoms with E-state index in [9.17, 15) is 8.78 Å². The molecule has 8 heteroatoms. The largest absolute Gasteiger partial charge is 0.383 e. The fraction of sp³-hybridized carbons (Fsp3) is 0.190. The zero-order valence-electron chi connectivity index (χ0n) is 15.5. The molecule has 0 atom stereocenters. The Bertz CT molecular complexity index is 1180. The van der Waals surface area contributed by atoms with Crippen LogP contribution in [0.1, 0.15) is 12.8 Å². The van der Waals surface area contributed by atoms with Crippen molar-refractivity contribution in [3.05, 3.63) is 60.2 Å². The summed E-state index contributed by atoms with van der Waals surface area (Å²) < 4.78 is 28.3. The summed E-state index contributed by atoms with van der Waals surface area (Å²) in [6.45, 7) is 1.75. The lowest BCUT2D eigenvalue weighted by Gasteiger charge is -2.16. The van der Waals surface area contributed by atoms with Gasteiger partial charge in [0, 0.05) is 18.7 Å². The second-order valence-corrected chi connectivity index (χ2v) is 7.05. The molecule has 2 aromatic carbocycles. The van der Waals surface area contributed by atoms with Crippen LogP contribution in [0.25, 0.3) is 28.0 Å². The summed E-state index contributed by atoms with van der Waals surface area (Å²) in [6, 6.07) is 12.0. The van der Waals surface area contributed by atoms with E-state index >= 15 is 0 Å². The van der Waals surface area contributed by atoms with E-state index in [-0.39, 0.29) is 11.6 Å². The molecule has 3 heterocycles. The Balaban J connectivity index is 1.75. The van der Waals surface area contributed by atoms with Crippen molar-refractivity contribution in [3.63, 3.8) is 0 Å². The van der Waals surface area contributed by atoms with Gasteiger partial charge in [0.25, 0.3) is 0 Å². The number of rotatable bonds is 3. The number of anilines is 2. The summed E-state index contributed by atoms with van der Waals surface area (Å²) in [5.41, 5.74) is 8.81. The molecule has 1 saturated heterocycles. The third kappa shape index (κ3) is 3.06. The quantitative estimate of drug-likeness (QED) is 0.572. The number of fused-ring (bicyclic) bond motifs is 1. The lowest BCUT2D eigenvalue weighted by atomic mass is 10.1. The Morgan fingerprint density at radius 3 is 2.10 bits per heavy atom. The lowest BCUT2D eigenvalue weighted by molar-refractivity contribution is 0.627. The molecule has 6 nitrogen and oxygen atoms in total. The molecule has 0 unspecified atom stereocenters. The van der Waals surface area contributed by atoms with E-state index in [4.69, 9.17) is 10.7 Å². The van der Waals surface area contributed by atoms with Crippen LogP contribution in [0, 0.1) is 11.6 Å². The van der Waals surface area contributed by atoms with Gasteiger partial charge in [0.15, 0.2) is 5.65 Å². The van der Waals surface area contributed by atoms with Crippen molar-refractivity contribution in [2.75, 3.05) is 23.7 Å². The summed E-state index contributed by atoms with van der Waals surface area (Å²) >= 11 is 0. The minimum atomic E-state index is -0.341. The molecule has 2 aromatic heterocycles. The summed E-state index contributed by atoms with van der Waals surface area (Å²) in [5, 5.41) is 5.15. The molecule has 2 N–H and O–H groups in total. The van der Waals surface area contributed by atoms with Gasteiger partial charge in [-0.3, -0.25) is 0 Å². The Kier molecular flexibility index (Phi) is 4.12. The predicted molar refractivity (Wildman–Crippen MR) is 108 cm³/mol. The monoisotopic (exact) mass is 392 g/mol. The van der Waals surface area contributed by atoms with Crippen LogP contribution >= 0.6 is 0 Å². The molecule has 0 saturated carbocycles. The van der Waals surface area contributed by atoms with E-state index in [0.29, 0.717) is 34.2 Å². The summed E-state index contributed by atoms with van der Waals surface area (Å²) in [4.78, 5) is 11.5. The van der Waals surface area contributed by atoms with Gasteiger partial charge in [0.1, 0.15) is 17.5 Å². The van der Waals surface area contributed by atoms with Gasteiger partial charge in [-0.05, 0) is 61.4 Å². The van der Waals surface area contributed by atoms with Crippen LogP contribution in [0.4, 0.5) is 20.5 Å². The number of nitrogen functional groups attached to an aromatic ring is 1. The fourth-order valence-electron chi connectivity index (χ4n) is 3.65. The van der Waals surface area contributed by atoms with Crippen LogP contribution in [0.15, 0.2) is 48.5 Å². The molecular weight excluding hydrogens is 374 g/mol. The van der Waals surface area contributed by atoms with Gasteiger partial charge >= 0.3 is 0 Å². The van der Waals surface area contributed by atoms with Gasteiger partial charge in [-0.2, -0.15) is 4.98 Å². The Labute approximate surface area is 165 Å². The molecule has 29 heavy (non-hydrogen) atoms. The number of halogens is 2. The van der Waals surface area contributed by atoms with E-state index in [2.05, 4.69) is 15.0 Å². The first-order valence-electron chi connectivity index (χ1n) is 9.43. The number of nitrogens with zero attached hydrogens (tertiary/aromatic N) is 5. The highest BCUT2D eigenvalue weighted by Gasteiger charge is 2.22. The average Bonchev–Trinajstić information content (AvgIpc) is 3.37. The van der Waals surface area contributed by atoms with Gasteiger partial charge < -0.3 is 10.6 Å². The Morgan fingerprint density at radius 1 is 0.828 bits per heavy atom. The second kappa shape index (κ2) is 6.80. The SMILES string of the molecule is Nc1c2c(-c3ccc(F)cc3)nc(N3CCCC3)nc2nn1-c1ccc(F)cc1. The molecule has 0 radical (unpaired) electrons. The normalized spacial score (nSPS) is 14.1. The minimum absolute atomic E-state index is 0.325. The second-order valence-electron chi connectivity index (χ2n) is 7.05. The summed E-state index contributed by atoms with van der Waals surface area (Å²) in [7, 11) is 0. The van der Waals surface area contributed by atoms with Gasteiger partial charge in [-0.25, -0.2) is 18.4 Å². The molecule has 146 valence electrons. The third-order valence-corrected chi connectivity index (χ3v) is 5.13. The van der Waals surface area contributed by atoms with Crippen molar-refractivity contribution < 1.29 is 8.78 Å². The highest BCUT2D eigenvalue weighted by molar-refractivity contribution is 5.99. The molecular formula is C21H18F2N6. The first kappa shape index (κ1) is 17.5. The van der Waals surface area contributed by atoms with Crippen molar-refractivity contribution in [1.82, 2.24) is 19.7 Å². The van der Waals surface area contributed by atoms with Crippen LogP contribution < -0.4 is 10.6 Å². The maximum absolute atomic E-state index is 13.5. The highest BCUT2D eigenvalue weighted by Crippen LogP contribution is 2.34. The number of nitrogens with two attached hydrogens (primary N) is 1. The molecule has 0 amide bonds. The topological polar surface area (TPSA) is 72.9 Å². The molecule has 5 rings (SSSR count). The Hall–Kier alpha value is -3.55. The maximum atomic E-state index is 13.5. The van der Waals surface area contributed by atoms with Crippen molar-refractivity contribution >= 4 is 22.8 Å². The van der Waals surface area contributed by atoms with E-state index in [1.165, 1.54) is 28.9 Å². The smallest absolute Gasteiger partial charge is 0.228 e. The van der Waals surface area contributed by atoms with E-state index in [0.717, 1.165) is 31.5 Å². The Morgan fingerprint density at radius 2 is 1.45 bits per heavy atom. The molecule has 1 aliphatic heterocycles. The molecule has 4 aromatic rings. The van der Waals surface area contributed by atoms with Gasteiger partial charge in [-0.15, -0.1) is 5.10 Å². The number of hydrogen-bond donors (Lipinski definition) is 1. The average molecular weight is 392 g/mol. The van der Waals surface area contributed by atoms with Gasteiger partial charge in [-0.1, -0.05) is 0 Å². The first-order chi connectivity index (χ1) is 14.1. The van der Waals surface area contributed by atoms with Crippen molar-refractivity contribution in [3.8, 4) is 16.9 Å². The molecule has 1 aliphatic rings. The molecule has 1 fully saturated rings. The third-order valence-electron chi connectivity index (χ3n) is 5.13. The predicted octanol–water partition coefficient (Wildman–Crippen LogP) is 3.94. The van der Waals surface area contributed by atoms with Gasteiger partial charge in [0.05, 0.1) is 16.8 Å². The molecule has 0 bridgehead atoms. The zero-order chi connectivity index (χ0) is 20.0. The standard InChI is InChI=1S/C21H18F2N6/c22-14-5-3-13(4-6-14)18-17-19(24)29(16-9-7-15(23)8-10-16)27-20(17)26-21(25-18)28-11-1-2-12-28/h3-10H,1-2,11-12,24H2. The summed E-state index contributed by atoms with van der Waals surface area (Å²) in [6.07, 6.45) is 2.17. The molecule has 0 aliphatic carbocycles. The first-order valence-corrected chi connectivity index (χ1v) is 9.43. The summed E-state index contributed by atoms with van der Waals surface area (Å²) in [5.74, 6) is 0.262. The minimum Gasteiger partial charge on any atom is -0.383 e. The van der Waals surface area contributed by atoms with Crippen molar-refractivity contribution in [2.45, 2.75) is 12.8 Å². The molecule has 0 spiro atoms. The highest BCUT2D eigenvalue weighted by atomic mass is 19.1. The zero-order valence-corrected chi connectivity index (χ0v) is 15.5. The van der Waals surface area contributed by atoms with Crippen LogP contribution in [0.2, 0.25) is 0 Å². The number of benzene rings is 2. The maximum Gasteiger partial charge on any atom is 0.228 e.